The number of aromatic nitrogens is 2. The van der Waals surface area contributed by atoms with Gasteiger partial charge in [0.15, 0.2) is 0 Å². The number of ether oxygens (including phenoxy) is 2. The lowest BCUT2D eigenvalue weighted by molar-refractivity contribution is -0.148. The molecule has 0 aliphatic carbocycles. The Labute approximate surface area is 167 Å². The second-order valence-electron chi connectivity index (χ2n) is 7.09. The molecule has 2 aromatic heterocycles. The van der Waals surface area contributed by atoms with Crippen molar-refractivity contribution in [2.75, 3.05) is 13.7 Å². The van der Waals surface area contributed by atoms with E-state index >= 15 is 0 Å². The highest BCUT2D eigenvalue weighted by atomic mass is 32.1. The summed E-state index contributed by atoms with van der Waals surface area (Å²) in [5.74, 6) is 1.04. The number of hydrogen-bond donors (Lipinski definition) is 0. The van der Waals surface area contributed by atoms with Gasteiger partial charge in [-0.15, -0.1) is 11.3 Å². The molecule has 0 aliphatic heterocycles. The Morgan fingerprint density at radius 3 is 2.50 bits per heavy atom. The quantitative estimate of drug-likeness (QED) is 0.580. The van der Waals surface area contributed by atoms with Crippen LogP contribution in [0.2, 0.25) is 0 Å². The van der Waals surface area contributed by atoms with Crippen LogP contribution in [0, 0.1) is 12.8 Å². The standard InChI is InChI=1S/C21H24N2O4S/c1-12(2)10-27-21(25)13(3)23-14(4)22-19-18(20(23)24)17(11-28-19)15-6-8-16(26-5)9-7-15/h6-9,11-13H,10H2,1-5H3. The predicted molar refractivity (Wildman–Crippen MR) is 111 cm³/mol. The maximum Gasteiger partial charge on any atom is 0.329 e. The lowest BCUT2D eigenvalue weighted by Gasteiger charge is -2.17. The molecule has 0 aliphatic rings. The van der Waals surface area contributed by atoms with Crippen LogP contribution < -0.4 is 10.3 Å². The molecule has 148 valence electrons. The van der Waals surface area contributed by atoms with Crippen molar-refractivity contribution in [3.63, 3.8) is 0 Å². The van der Waals surface area contributed by atoms with Crippen molar-refractivity contribution in [1.29, 1.82) is 0 Å². The van der Waals surface area contributed by atoms with Crippen LogP contribution in [0.25, 0.3) is 21.3 Å². The largest absolute Gasteiger partial charge is 0.497 e. The summed E-state index contributed by atoms with van der Waals surface area (Å²) in [5, 5.41) is 2.44. The van der Waals surface area contributed by atoms with Gasteiger partial charge in [-0.25, -0.2) is 9.78 Å². The van der Waals surface area contributed by atoms with Gasteiger partial charge in [-0.2, -0.15) is 0 Å². The topological polar surface area (TPSA) is 70.4 Å². The summed E-state index contributed by atoms with van der Waals surface area (Å²) in [5.41, 5.74) is 1.47. The van der Waals surface area contributed by atoms with Gasteiger partial charge in [-0.1, -0.05) is 26.0 Å². The molecule has 0 N–H and O–H groups in total. The van der Waals surface area contributed by atoms with Crippen LogP contribution in [0.3, 0.4) is 0 Å². The van der Waals surface area contributed by atoms with Gasteiger partial charge >= 0.3 is 5.97 Å². The lowest BCUT2D eigenvalue weighted by Crippen LogP contribution is -2.32. The Bertz CT molecular complexity index is 1050. The molecule has 1 unspecified atom stereocenters. The van der Waals surface area contributed by atoms with Gasteiger partial charge in [0.1, 0.15) is 22.4 Å². The normalized spacial score (nSPS) is 12.4. The van der Waals surface area contributed by atoms with Gasteiger partial charge in [-0.3, -0.25) is 9.36 Å². The third-order valence-electron chi connectivity index (χ3n) is 4.50. The first kappa shape index (κ1) is 20.1. The first-order valence-electron chi connectivity index (χ1n) is 9.14. The minimum absolute atomic E-state index is 0.230. The Balaban J connectivity index is 2.07. The van der Waals surface area contributed by atoms with Crippen LogP contribution in [-0.4, -0.2) is 29.2 Å². The van der Waals surface area contributed by atoms with E-state index in [0.29, 0.717) is 22.6 Å². The monoisotopic (exact) mass is 400 g/mol. The van der Waals surface area contributed by atoms with E-state index in [0.717, 1.165) is 16.9 Å². The van der Waals surface area contributed by atoms with Gasteiger partial charge < -0.3 is 9.47 Å². The van der Waals surface area contributed by atoms with E-state index in [2.05, 4.69) is 4.98 Å². The molecular weight excluding hydrogens is 376 g/mol. The molecule has 28 heavy (non-hydrogen) atoms. The maximum absolute atomic E-state index is 13.3. The van der Waals surface area contributed by atoms with Crippen LogP contribution >= 0.6 is 11.3 Å². The second-order valence-corrected chi connectivity index (χ2v) is 7.95. The predicted octanol–water partition coefficient (Wildman–Crippen LogP) is 4.20. The molecule has 7 heteroatoms. The number of esters is 1. The molecule has 0 bridgehead atoms. The maximum atomic E-state index is 13.3. The Morgan fingerprint density at radius 2 is 1.89 bits per heavy atom. The molecule has 0 spiro atoms. The number of fused-ring (bicyclic) bond motifs is 1. The molecule has 1 atom stereocenters. The van der Waals surface area contributed by atoms with Crippen molar-refractivity contribution in [3.8, 4) is 16.9 Å². The molecule has 0 saturated carbocycles. The summed E-state index contributed by atoms with van der Waals surface area (Å²) in [6, 6.07) is 6.77. The molecule has 6 nitrogen and oxygen atoms in total. The second kappa shape index (κ2) is 8.14. The van der Waals surface area contributed by atoms with Crippen LogP contribution in [0.1, 0.15) is 32.6 Å². The van der Waals surface area contributed by atoms with Gasteiger partial charge in [-0.05, 0) is 37.5 Å². The van der Waals surface area contributed by atoms with Crippen molar-refractivity contribution in [3.05, 3.63) is 45.8 Å². The first-order chi connectivity index (χ1) is 13.3. The summed E-state index contributed by atoms with van der Waals surface area (Å²) in [6.07, 6.45) is 0. The number of rotatable bonds is 6. The summed E-state index contributed by atoms with van der Waals surface area (Å²) in [6.45, 7) is 7.66. The third-order valence-corrected chi connectivity index (χ3v) is 5.38. The molecular formula is C21H24N2O4S. The van der Waals surface area contributed by atoms with Crippen LogP contribution in [0.4, 0.5) is 0 Å². The fourth-order valence-electron chi connectivity index (χ4n) is 3.02. The van der Waals surface area contributed by atoms with E-state index < -0.39 is 12.0 Å². The average molecular weight is 401 g/mol. The number of nitrogens with zero attached hydrogens (tertiary/aromatic N) is 2. The number of aryl methyl sites for hydroxylation is 1. The number of methoxy groups -OCH3 is 1. The van der Waals surface area contributed by atoms with Crippen molar-refractivity contribution in [1.82, 2.24) is 9.55 Å². The van der Waals surface area contributed by atoms with Crippen LogP contribution in [-0.2, 0) is 9.53 Å². The number of carbonyl (C=O) groups excluding carboxylic acids is 1. The number of hydrogen-bond acceptors (Lipinski definition) is 6. The molecule has 3 rings (SSSR count). The van der Waals surface area contributed by atoms with E-state index in [9.17, 15) is 9.59 Å². The smallest absolute Gasteiger partial charge is 0.329 e. The highest BCUT2D eigenvalue weighted by Gasteiger charge is 2.23. The van der Waals surface area contributed by atoms with Gasteiger partial charge in [0, 0.05) is 10.9 Å². The molecule has 2 heterocycles. The fourth-order valence-corrected chi connectivity index (χ4v) is 4.00. The fraction of sp³-hybridized carbons (Fsp3) is 0.381. The molecule has 0 fully saturated rings. The Morgan fingerprint density at radius 1 is 1.21 bits per heavy atom. The molecule has 3 aromatic rings. The molecule has 1 aromatic carbocycles. The number of thiophene rings is 1. The lowest BCUT2D eigenvalue weighted by atomic mass is 10.1. The van der Waals surface area contributed by atoms with E-state index in [1.165, 1.54) is 15.9 Å². The summed E-state index contributed by atoms with van der Waals surface area (Å²) in [7, 11) is 1.61. The van der Waals surface area contributed by atoms with E-state index in [-0.39, 0.29) is 11.5 Å². The summed E-state index contributed by atoms with van der Waals surface area (Å²) in [4.78, 5) is 31.0. The number of carbonyl (C=O) groups is 1. The van der Waals surface area contributed by atoms with Crippen LogP contribution in [0.15, 0.2) is 34.4 Å². The van der Waals surface area contributed by atoms with Crippen molar-refractivity contribution in [2.24, 2.45) is 5.92 Å². The van der Waals surface area contributed by atoms with E-state index in [1.807, 2.05) is 43.5 Å². The highest BCUT2D eigenvalue weighted by molar-refractivity contribution is 7.17. The van der Waals surface area contributed by atoms with Crippen molar-refractivity contribution < 1.29 is 14.3 Å². The molecule has 0 saturated heterocycles. The molecule has 0 radical (unpaired) electrons. The summed E-state index contributed by atoms with van der Waals surface area (Å²) < 4.78 is 12.0. The van der Waals surface area contributed by atoms with Gasteiger partial charge in [0.05, 0.1) is 19.1 Å². The minimum atomic E-state index is -0.744. The number of benzene rings is 1. The van der Waals surface area contributed by atoms with Crippen molar-refractivity contribution >= 4 is 27.5 Å². The van der Waals surface area contributed by atoms with Crippen LogP contribution in [0.5, 0.6) is 5.75 Å². The third kappa shape index (κ3) is 3.80. The summed E-state index contributed by atoms with van der Waals surface area (Å²) >= 11 is 1.42. The Hall–Kier alpha value is -2.67. The average Bonchev–Trinajstić information content (AvgIpc) is 3.09. The van der Waals surface area contributed by atoms with E-state index in [1.54, 1.807) is 21.0 Å². The first-order valence-corrected chi connectivity index (χ1v) is 10.0. The highest BCUT2D eigenvalue weighted by Crippen LogP contribution is 2.32. The van der Waals surface area contributed by atoms with Gasteiger partial charge in [0.2, 0.25) is 0 Å². The van der Waals surface area contributed by atoms with E-state index in [4.69, 9.17) is 9.47 Å². The minimum Gasteiger partial charge on any atom is -0.497 e. The SMILES string of the molecule is COc1ccc(-c2csc3nc(C)n(C(C)C(=O)OCC(C)C)c(=O)c23)cc1. The molecule has 0 amide bonds. The zero-order chi connectivity index (χ0) is 20.4. The van der Waals surface area contributed by atoms with Gasteiger partial charge in [0.25, 0.3) is 5.56 Å². The Kier molecular flexibility index (Phi) is 5.84. The van der Waals surface area contributed by atoms with Crippen molar-refractivity contribution in [2.45, 2.75) is 33.7 Å². The zero-order valence-electron chi connectivity index (χ0n) is 16.7. The zero-order valence-corrected chi connectivity index (χ0v) is 17.5.